The topological polar surface area (TPSA) is 42.2 Å². The van der Waals surface area contributed by atoms with Gasteiger partial charge >= 0.3 is 0 Å². The number of hydrogen-bond acceptors (Lipinski definition) is 4. The van der Waals surface area contributed by atoms with Crippen molar-refractivity contribution in [2.24, 2.45) is 5.92 Å². The third kappa shape index (κ3) is 2.86. The van der Waals surface area contributed by atoms with Crippen LogP contribution in [0, 0.1) is 5.92 Å². The van der Waals surface area contributed by atoms with Crippen molar-refractivity contribution in [1.29, 1.82) is 0 Å². The van der Waals surface area contributed by atoms with Gasteiger partial charge in [0.2, 0.25) is 5.89 Å². The van der Waals surface area contributed by atoms with Gasteiger partial charge in [0.15, 0.2) is 5.82 Å². The third-order valence-corrected chi connectivity index (χ3v) is 3.57. The quantitative estimate of drug-likeness (QED) is 0.810. The Hall–Kier alpha value is -0.900. The van der Waals surface area contributed by atoms with Crippen molar-refractivity contribution in [3.63, 3.8) is 0 Å². The van der Waals surface area contributed by atoms with Crippen LogP contribution in [-0.2, 0) is 0 Å². The summed E-state index contributed by atoms with van der Waals surface area (Å²) < 4.78 is 5.37. The Morgan fingerprint density at radius 2 is 2.12 bits per heavy atom. The van der Waals surface area contributed by atoms with Crippen LogP contribution in [0.25, 0.3) is 0 Å². The molecule has 0 spiro atoms. The Morgan fingerprint density at radius 1 is 1.35 bits per heavy atom. The van der Waals surface area contributed by atoms with E-state index in [0.29, 0.717) is 5.92 Å². The lowest BCUT2D eigenvalue weighted by Crippen LogP contribution is -2.36. The molecule has 2 rings (SSSR count). The summed E-state index contributed by atoms with van der Waals surface area (Å²) in [6.45, 7) is 10.9. The fourth-order valence-electron chi connectivity index (χ4n) is 2.39. The molecule has 2 unspecified atom stereocenters. The van der Waals surface area contributed by atoms with Crippen LogP contribution in [0.3, 0.4) is 0 Å². The standard InChI is InChI=1S/C13H23N3O/c1-9(2)12-14-13(17-15-12)11(4)16-7-5-6-10(3)8-16/h9-11H,5-8H2,1-4H3. The zero-order valence-electron chi connectivity index (χ0n) is 11.3. The minimum absolute atomic E-state index is 0.248. The first kappa shape index (κ1) is 12.6. The molecular formula is C13H23N3O. The minimum Gasteiger partial charge on any atom is -0.338 e. The zero-order chi connectivity index (χ0) is 12.4. The van der Waals surface area contributed by atoms with Gasteiger partial charge in [-0.1, -0.05) is 25.9 Å². The lowest BCUT2D eigenvalue weighted by Gasteiger charge is -2.33. The fraction of sp³-hybridized carbons (Fsp3) is 0.846. The van der Waals surface area contributed by atoms with Crippen molar-refractivity contribution in [2.45, 2.75) is 52.5 Å². The highest BCUT2D eigenvalue weighted by molar-refractivity contribution is 4.96. The number of hydrogen-bond donors (Lipinski definition) is 0. The van der Waals surface area contributed by atoms with Crippen molar-refractivity contribution in [1.82, 2.24) is 15.0 Å². The van der Waals surface area contributed by atoms with Crippen LogP contribution in [0.1, 0.15) is 64.2 Å². The van der Waals surface area contributed by atoms with Gasteiger partial charge < -0.3 is 4.52 Å². The lowest BCUT2D eigenvalue weighted by atomic mass is 9.99. The summed E-state index contributed by atoms with van der Waals surface area (Å²) in [5, 5.41) is 4.04. The van der Waals surface area contributed by atoms with E-state index in [2.05, 4.69) is 42.7 Å². The Morgan fingerprint density at radius 3 is 2.71 bits per heavy atom. The zero-order valence-corrected chi connectivity index (χ0v) is 11.3. The summed E-state index contributed by atoms with van der Waals surface area (Å²) in [5.41, 5.74) is 0. The van der Waals surface area contributed by atoms with E-state index >= 15 is 0 Å². The van der Waals surface area contributed by atoms with E-state index < -0.39 is 0 Å². The van der Waals surface area contributed by atoms with Crippen LogP contribution in [-0.4, -0.2) is 28.1 Å². The summed E-state index contributed by atoms with van der Waals surface area (Å²) in [6, 6.07) is 0.248. The van der Waals surface area contributed by atoms with Crippen LogP contribution in [0.15, 0.2) is 4.52 Å². The second-order valence-corrected chi connectivity index (χ2v) is 5.56. The maximum absolute atomic E-state index is 5.37. The molecule has 0 aliphatic carbocycles. The second kappa shape index (κ2) is 5.17. The predicted molar refractivity (Wildman–Crippen MR) is 66.8 cm³/mol. The molecule has 4 nitrogen and oxygen atoms in total. The summed E-state index contributed by atoms with van der Waals surface area (Å²) in [6.07, 6.45) is 2.61. The Labute approximate surface area is 103 Å². The molecule has 2 heterocycles. The monoisotopic (exact) mass is 237 g/mol. The normalized spacial score (nSPS) is 24.2. The van der Waals surface area contributed by atoms with Crippen molar-refractivity contribution < 1.29 is 4.52 Å². The van der Waals surface area contributed by atoms with Crippen molar-refractivity contribution >= 4 is 0 Å². The van der Waals surface area contributed by atoms with Gasteiger partial charge in [0.05, 0.1) is 6.04 Å². The molecule has 17 heavy (non-hydrogen) atoms. The highest BCUT2D eigenvalue weighted by Crippen LogP contribution is 2.26. The second-order valence-electron chi connectivity index (χ2n) is 5.56. The van der Waals surface area contributed by atoms with Gasteiger partial charge in [0.1, 0.15) is 0 Å². The minimum atomic E-state index is 0.248. The van der Waals surface area contributed by atoms with Gasteiger partial charge in [-0.25, -0.2) is 0 Å². The first-order chi connectivity index (χ1) is 8.08. The summed E-state index contributed by atoms with van der Waals surface area (Å²) in [5.74, 6) is 2.69. The lowest BCUT2D eigenvalue weighted by molar-refractivity contribution is 0.117. The molecule has 0 N–H and O–H groups in total. The Balaban J connectivity index is 2.04. The highest BCUT2D eigenvalue weighted by Gasteiger charge is 2.25. The van der Waals surface area contributed by atoms with Crippen LogP contribution in [0.4, 0.5) is 0 Å². The van der Waals surface area contributed by atoms with E-state index in [4.69, 9.17) is 4.52 Å². The summed E-state index contributed by atoms with van der Waals surface area (Å²) in [7, 11) is 0. The summed E-state index contributed by atoms with van der Waals surface area (Å²) >= 11 is 0. The molecule has 1 aromatic rings. The fourth-order valence-corrected chi connectivity index (χ4v) is 2.39. The maximum atomic E-state index is 5.37. The number of likely N-dealkylation sites (tertiary alicyclic amines) is 1. The van der Waals surface area contributed by atoms with E-state index in [1.807, 2.05) is 0 Å². The molecular weight excluding hydrogens is 214 g/mol. The summed E-state index contributed by atoms with van der Waals surface area (Å²) in [4.78, 5) is 6.94. The number of rotatable bonds is 3. The number of nitrogens with zero attached hydrogens (tertiary/aromatic N) is 3. The molecule has 0 amide bonds. The molecule has 96 valence electrons. The van der Waals surface area contributed by atoms with Crippen LogP contribution in [0.2, 0.25) is 0 Å². The van der Waals surface area contributed by atoms with Gasteiger partial charge in [-0.15, -0.1) is 0 Å². The largest absolute Gasteiger partial charge is 0.338 e. The number of piperidine rings is 1. The van der Waals surface area contributed by atoms with Crippen LogP contribution in [0.5, 0.6) is 0 Å². The van der Waals surface area contributed by atoms with Gasteiger partial charge in [0, 0.05) is 12.5 Å². The molecule has 2 atom stereocenters. The van der Waals surface area contributed by atoms with E-state index in [1.165, 1.54) is 12.8 Å². The average Bonchev–Trinajstić information content (AvgIpc) is 2.77. The molecule has 0 aromatic carbocycles. The molecule has 1 saturated heterocycles. The average molecular weight is 237 g/mol. The molecule has 1 fully saturated rings. The first-order valence-corrected chi connectivity index (χ1v) is 6.65. The Bertz CT molecular complexity index is 361. The van der Waals surface area contributed by atoms with Gasteiger partial charge in [0.25, 0.3) is 0 Å². The van der Waals surface area contributed by atoms with E-state index in [1.54, 1.807) is 0 Å². The van der Waals surface area contributed by atoms with Crippen LogP contribution >= 0.6 is 0 Å². The van der Waals surface area contributed by atoms with Crippen LogP contribution < -0.4 is 0 Å². The molecule has 0 radical (unpaired) electrons. The molecule has 4 heteroatoms. The third-order valence-electron chi connectivity index (χ3n) is 3.57. The van der Waals surface area contributed by atoms with Gasteiger partial charge in [-0.2, -0.15) is 4.98 Å². The molecule has 1 aliphatic heterocycles. The molecule has 0 saturated carbocycles. The van der Waals surface area contributed by atoms with E-state index in [0.717, 1.165) is 30.7 Å². The molecule has 1 aliphatic rings. The highest BCUT2D eigenvalue weighted by atomic mass is 16.5. The molecule has 1 aromatic heterocycles. The van der Waals surface area contributed by atoms with Crippen molar-refractivity contribution in [3.8, 4) is 0 Å². The van der Waals surface area contributed by atoms with Gasteiger partial charge in [-0.05, 0) is 32.2 Å². The predicted octanol–water partition coefficient (Wildman–Crippen LogP) is 2.99. The van der Waals surface area contributed by atoms with E-state index in [9.17, 15) is 0 Å². The Kier molecular flexibility index (Phi) is 3.82. The smallest absolute Gasteiger partial charge is 0.243 e. The van der Waals surface area contributed by atoms with Gasteiger partial charge in [-0.3, -0.25) is 4.90 Å². The van der Waals surface area contributed by atoms with E-state index in [-0.39, 0.29) is 6.04 Å². The number of aromatic nitrogens is 2. The maximum Gasteiger partial charge on any atom is 0.243 e. The first-order valence-electron chi connectivity index (χ1n) is 6.65. The van der Waals surface area contributed by atoms with Crippen molar-refractivity contribution in [2.75, 3.05) is 13.1 Å². The SMILES string of the molecule is CC1CCCN(C(C)c2nc(C(C)C)no2)C1. The van der Waals surface area contributed by atoms with Crippen molar-refractivity contribution in [3.05, 3.63) is 11.7 Å². The molecule has 0 bridgehead atoms.